The van der Waals surface area contributed by atoms with E-state index in [0.29, 0.717) is 6.42 Å². The summed E-state index contributed by atoms with van der Waals surface area (Å²) in [6.07, 6.45) is -0.176. The van der Waals surface area contributed by atoms with Gasteiger partial charge in [-0.05, 0) is 32.1 Å². The quantitative estimate of drug-likeness (QED) is 0.0701. The van der Waals surface area contributed by atoms with Crippen LogP contribution in [0.5, 0.6) is 0 Å². The van der Waals surface area contributed by atoms with Crippen molar-refractivity contribution >= 4 is 35.6 Å². The van der Waals surface area contributed by atoms with Crippen molar-refractivity contribution in [1.82, 2.24) is 16.0 Å². The van der Waals surface area contributed by atoms with E-state index in [2.05, 4.69) is 20.9 Å². The Morgan fingerprint density at radius 2 is 1.42 bits per heavy atom. The number of carboxylic acids is 2. The van der Waals surface area contributed by atoms with Gasteiger partial charge in [0.05, 0.1) is 12.5 Å². The van der Waals surface area contributed by atoms with Crippen LogP contribution < -0.4 is 33.2 Å². The second-order valence-electron chi connectivity index (χ2n) is 7.97. The van der Waals surface area contributed by atoms with E-state index in [9.17, 15) is 24.0 Å². The molecule has 14 nitrogen and oxygen atoms in total. The number of carboxylic acid groups (broad SMARTS) is 2. The van der Waals surface area contributed by atoms with E-state index in [0.717, 1.165) is 0 Å². The lowest BCUT2D eigenvalue weighted by Gasteiger charge is -2.24. The molecular formula is C19H35N7O7. The lowest BCUT2D eigenvalue weighted by molar-refractivity contribution is -0.143. The standard InChI is InChI=1S/C19H35N7O7/c1-9(2)7-11(20)15(29)26-13(8-14(27)28)17(31)25-12(5-4-6-23-19(21)22)16(30)24-10(3)18(32)33/h9-13H,4-8,20H2,1-3H3,(H,24,30)(H,25,31)(H,26,29)(H,27,28)(H,32,33)(H4,21,22,23). The molecule has 3 amide bonds. The summed E-state index contributed by atoms with van der Waals surface area (Å²) in [5.74, 6) is -5.18. The van der Waals surface area contributed by atoms with Gasteiger partial charge in [0.2, 0.25) is 17.7 Å². The van der Waals surface area contributed by atoms with Gasteiger partial charge in [-0.2, -0.15) is 0 Å². The molecule has 0 radical (unpaired) electrons. The zero-order chi connectivity index (χ0) is 25.7. The molecule has 0 aromatic heterocycles. The van der Waals surface area contributed by atoms with Gasteiger partial charge in [-0.3, -0.25) is 29.0 Å². The third kappa shape index (κ3) is 12.9. The molecule has 0 aliphatic rings. The smallest absolute Gasteiger partial charge is 0.325 e. The van der Waals surface area contributed by atoms with Gasteiger partial charge in [-0.25, -0.2) is 0 Å². The van der Waals surface area contributed by atoms with Gasteiger partial charge in [0, 0.05) is 6.54 Å². The van der Waals surface area contributed by atoms with Crippen LogP contribution in [0.25, 0.3) is 0 Å². The van der Waals surface area contributed by atoms with Crippen LogP contribution in [-0.4, -0.2) is 76.5 Å². The van der Waals surface area contributed by atoms with Crippen molar-refractivity contribution in [1.29, 1.82) is 0 Å². The third-order valence-corrected chi connectivity index (χ3v) is 4.38. The Balaban J connectivity index is 5.45. The highest BCUT2D eigenvalue weighted by atomic mass is 16.4. The number of amides is 3. The van der Waals surface area contributed by atoms with E-state index in [1.807, 2.05) is 13.8 Å². The summed E-state index contributed by atoms with van der Waals surface area (Å²) < 4.78 is 0. The van der Waals surface area contributed by atoms with Gasteiger partial charge < -0.3 is 43.4 Å². The zero-order valence-corrected chi connectivity index (χ0v) is 19.0. The summed E-state index contributed by atoms with van der Waals surface area (Å²) >= 11 is 0. The summed E-state index contributed by atoms with van der Waals surface area (Å²) in [5, 5.41) is 25.0. The fourth-order valence-electron chi connectivity index (χ4n) is 2.70. The van der Waals surface area contributed by atoms with E-state index in [4.69, 9.17) is 27.4 Å². The lowest BCUT2D eigenvalue weighted by atomic mass is 10.0. The molecule has 0 aliphatic carbocycles. The number of rotatable bonds is 15. The Hall–Kier alpha value is -3.42. The molecule has 33 heavy (non-hydrogen) atoms. The summed E-state index contributed by atoms with van der Waals surface area (Å²) in [7, 11) is 0. The number of hydrogen-bond donors (Lipinski definition) is 8. The van der Waals surface area contributed by atoms with Crippen LogP contribution in [-0.2, 0) is 24.0 Å². The van der Waals surface area contributed by atoms with Gasteiger partial charge >= 0.3 is 11.9 Å². The van der Waals surface area contributed by atoms with Crippen LogP contribution in [0.1, 0.15) is 46.5 Å². The van der Waals surface area contributed by atoms with E-state index < -0.39 is 60.2 Å². The van der Waals surface area contributed by atoms with Crippen molar-refractivity contribution in [3.8, 4) is 0 Å². The first-order chi connectivity index (χ1) is 15.2. The number of nitrogens with one attached hydrogen (secondary N) is 3. The van der Waals surface area contributed by atoms with E-state index in [1.165, 1.54) is 6.92 Å². The molecule has 0 saturated carbocycles. The SMILES string of the molecule is CC(C)CC(N)C(=O)NC(CC(=O)O)C(=O)NC(CCCN=C(N)N)C(=O)NC(C)C(=O)O. The molecule has 0 fully saturated rings. The Morgan fingerprint density at radius 1 is 0.879 bits per heavy atom. The Bertz CT molecular complexity index is 738. The van der Waals surface area contributed by atoms with E-state index in [1.54, 1.807) is 0 Å². The molecule has 4 atom stereocenters. The highest BCUT2D eigenvalue weighted by Gasteiger charge is 2.30. The van der Waals surface area contributed by atoms with Crippen LogP contribution in [0.2, 0.25) is 0 Å². The summed E-state index contributed by atoms with van der Waals surface area (Å²) in [4.78, 5) is 63.6. The van der Waals surface area contributed by atoms with Crippen molar-refractivity contribution in [2.24, 2.45) is 28.1 Å². The van der Waals surface area contributed by atoms with Crippen LogP contribution in [0.4, 0.5) is 0 Å². The number of carbonyl (C=O) groups is 5. The average Bonchev–Trinajstić information content (AvgIpc) is 2.68. The maximum absolute atomic E-state index is 12.7. The molecule has 188 valence electrons. The highest BCUT2D eigenvalue weighted by Crippen LogP contribution is 2.05. The van der Waals surface area contributed by atoms with Crippen molar-refractivity contribution in [3.63, 3.8) is 0 Å². The third-order valence-electron chi connectivity index (χ3n) is 4.38. The molecule has 0 aromatic carbocycles. The average molecular weight is 474 g/mol. The van der Waals surface area contributed by atoms with Crippen LogP contribution >= 0.6 is 0 Å². The van der Waals surface area contributed by atoms with E-state index >= 15 is 0 Å². The maximum atomic E-state index is 12.7. The first-order valence-electron chi connectivity index (χ1n) is 10.4. The first kappa shape index (κ1) is 29.6. The number of aliphatic imine (C=N–C) groups is 1. The molecule has 0 saturated heterocycles. The topological polar surface area (TPSA) is 252 Å². The number of carbonyl (C=O) groups excluding carboxylic acids is 3. The minimum Gasteiger partial charge on any atom is -0.481 e. The molecule has 0 bridgehead atoms. The fraction of sp³-hybridized carbons (Fsp3) is 0.684. The Morgan fingerprint density at radius 3 is 1.91 bits per heavy atom. The van der Waals surface area contributed by atoms with Crippen molar-refractivity contribution in [3.05, 3.63) is 0 Å². The highest BCUT2D eigenvalue weighted by molar-refractivity contribution is 5.95. The molecule has 14 heteroatoms. The molecule has 4 unspecified atom stereocenters. The monoisotopic (exact) mass is 473 g/mol. The summed E-state index contributed by atoms with van der Waals surface area (Å²) in [5.41, 5.74) is 16.3. The summed E-state index contributed by atoms with van der Waals surface area (Å²) in [6, 6.07) is -4.92. The Kier molecular flexibility index (Phi) is 13.1. The molecule has 0 heterocycles. The zero-order valence-electron chi connectivity index (χ0n) is 19.0. The maximum Gasteiger partial charge on any atom is 0.325 e. The number of aliphatic carboxylic acids is 2. The normalized spacial score (nSPS) is 14.3. The molecule has 11 N–H and O–H groups in total. The molecule has 0 rings (SSSR count). The molecule has 0 aromatic rings. The number of nitrogens with zero attached hydrogens (tertiary/aromatic N) is 1. The van der Waals surface area contributed by atoms with Crippen LogP contribution in [0.15, 0.2) is 4.99 Å². The second-order valence-corrected chi connectivity index (χ2v) is 7.97. The summed E-state index contributed by atoms with van der Waals surface area (Å²) in [6.45, 7) is 5.06. The first-order valence-corrected chi connectivity index (χ1v) is 10.4. The predicted octanol–water partition coefficient (Wildman–Crippen LogP) is -2.55. The van der Waals surface area contributed by atoms with Gasteiger partial charge in [0.15, 0.2) is 5.96 Å². The number of nitrogens with two attached hydrogens (primary N) is 3. The number of hydrogen-bond acceptors (Lipinski definition) is 7. The minimum absolute atomic E-state index is 0.0152. The van der Waals surface area contributed by atoms with Gasteiger partial charge in [-0.15, -0.1) is 0 Å². The second kappa shape index (κ2) is 14.6. The van der Waals surface area contributed by atoms with Crippen LogP contribution in [0, 0.1) is 5.92 Å². The van der Waals surface area contributed by atoms with Crippen LogP contribution in [0.3, 0.4) is 0 Å². The molecule has 0 aliphatic heterocycles. The predicted molar refractivity (Wildman–Crippen MR) is 119 cm³/mol. The van der Waals surface area contributed by atoms with Crippen molar-refractivity contribution < 1.29 is 34.2 Å². The largest absolute Gasteiger partial charge is 0.481 e. The van der Waals surface area contributed by atoms with E-state index in [-0.39, 0.29) is 31.3 Å². The lowest BCUT2D eigenvalue weighted by Crippen LogP contribution is -2.57. The van der Waals surface area contributed by atoms with Gasteiger partial charge in [0.25, 0.3) is 0 Å². The Labute approximate surface area is 191 Å². The van der Waals surface area contributed by atoms with Crippen molar-refractivity contribution in [2.45, 2.75) is 70.6 Å². The number of guanidine groups is 1. The molecular weight excluding hydrogens is 438 g/mol. The molecule has 0 spiro atoms. The van der Waals surface area contributed by atoms with Crippen molar-refractivity contribution in [2.75, 3.05) is 6.54 Å². The van der Waals surface area contributed by atoms with Gasteiger partial charge in [0.1, 0.15) is 18.1 Å². The fourth-order valence-corrected chi connectivity index (χ4v) is 2.70. The van der Waals surface area contributed by atoms with Gasteiger partial charge in [-0.1, -0.05) is 13.8 Å². The minimum atomic E-state index is -1.50.